The Morgan fingerprint density at radius 2 is 1.87 bits per heavy atom. The summed E-state index contributed by atoms with van der Waals surface area (Å²) in [5, 5.41) is 23.9. The van der Waals surface area contributed by atoms with E-state index in [0.717, 1.165) is 35.9 Å². The molecule has 5 N–H and O–H groups in total. The van der Waals surface area contributed by atoms with E-state index in [1.54, 1.807) is 6.92 Å². The zero-order valence-electron chi connectivity index (χ0n) is 20.9. The Morgan fingerprint density at radius 3 is 2.55 bits per heavy atom. The fraction of sp³-hybridized carbons (Fsp3) is 0.370. The van der Waals surface area contributed by atoms with Crippen LogP contribution in [0, 0.1) is 23.4 Å². The topological polar surface area (TPSA) is 125 Å². The van der Waals surface area contributed by atoms with Crippen LogP contribution in [-0.2, 0) is 6.42 Å². The van der Waals surface area contributed by atoms with E-state index in [2.05, 4.69) is 15.3 Å². The van der Waals surface area contributed by atoms with Gasteiger partial charge in [-0.25, -0.2) is 18.2 Å². The van der Waals surface area contributed by atoms with Crippen molar-refractivity contribution in [3.05, 3.63) is 70.9 Å². The minimum Gasteiger partial charge on any atom is -0.388 e. The molecule has 4 atom stereocenters. The van der Waals surface area contributed by atoms with Crippen LogP contribution in [0.1, 0.15) is 48.1 Å². The summed E-state index contributed by atoms with van der Waals surface area (Å²) in [4.78, 5) is 23.5. The zero-order chi connectivity index (χ0) is 27.4. The third-order valence-electron chi connectivity index (χ3n) is 7.67. The Bertz CT molecular complexity index is 1380. The smallest absolute Gasteiger partial charge is 0.274 e. The van der Waals surface area contributed by atoms with Gasteiger partial charge in [-0.05, 0) is 44.0 Å². The molecule has 200 valence electrons. The van der Waals surface area contributed by atoms with Crippen molar-refractivity contribution in [2.75, 3.05) is 23.3 Å². The van der Waals surface area contributed by atoms with E-state index in [4.69, 9.17) is 5.73 Å². The first-order valence-electron chi connectivity index (χ1n) is 12.3. The van der Waals surface area contributed by atoms with Gasteiger partial charge in [0, 0.05) is 24.6 Å². The Balaban J connectivity index is 1.52. The number of aliphatic hydroxyl groups excluding tert-OH is 1. The normalized spacial score (nSPS) is 24.8. The molecule has 11 heteroatoms. The van der Waals surface area contributed by atoms with Crippen LogP contribution in [0.15, 0.2) is 36.5 Å². The number of nitrogens with one attached hydrogen (secondary N) is 1. The number of pyridine rings is 2. The predicted molar refractivity (Wildman–Crippen MR) is 135 cm³/mol. The van der Waals surface area contributed by atoms with Gasteiger partial charge in [-0.2, -0.15) is 0 Å². The minimum atomic E-state index is -1.09. The fourth-order valence-corrected chi connectivity index (χ4v) is 5.18. The summed E-state index contributed by atoms with van der Waals surface area (Å²) in [7, 11) is 0. The SMILES string of the molecule is C[C@H]1CN(c2c(NC(=O)c3ccc(F)c(-c4c(F)cccc4F)n3)cnc3c2CC[C@@H]3O)C[C@@H](N)[C@@]1(C)O. The van der Waals surface area contributed by atoms with Gasteiger partial charge in [-0.1, -0.05) is 13.0 Å². The third kappa shape index (κ3) is 4.40. The second-order valence-corrected chi connectivity index (χ2v) is 10.2. The lowest BCUT2D eigenvalue weighted by Crippen LogP contribution is -2.62. The molecule has 8 nitrogen and oxygen atoms in total. The first-order valence-corrected chi connectivity index (χ1v) is 12.3. The largest absolute Gasteiger partial charge is 0.388 e. The highest BCUT2D eigenvalue weighted by Crippen LogP contribution is 2.42. The van der Waals surface area contributed by atoms with Gasteiger partial charge in [0.2, 0.25) is 0 Å². The van der Waals surface area contributed by atoms with E-state index in [0.29, 0.717) is 36.5 Å². The molecule has 1 amide bonds. The summed E-state index contributed by atoms with van der Waals surface area (Å²) in [5.74, 6) is -3.95. The van der Waals surface area contributed by atoms with E-state index in [1.807, 2.05) is 11.8 Å². The molecule has 0 saturated carbocycles. The van der Waals surface area contributed by atoms with Crippen LogP contribution in [-0.4, -0.2) is 50.8 Å². The van der Waals surface area contributed by atoms with Gasteiger partial charge in [0.15, 0.2) is 0 Å². The van der Waals surface area contributed by atoms with Crippen LogP contribution in [0.25, 0.3) is 11.3 Å². The summed E-state index contributed by atoms with van der Waals surface area (Å²) in [6.07, 6.45) is 1.66. The average molecular weight is 528 g/mol. The van der Waals surface area contributed by atoms with Crippen LogP contribution >= 0.6 is 0 Å². The monoisotopic (exact) mass is 527 g/mol. The summed E-state index contributed by atoms with van der Waals surface area (Å²) in [5.41, 5.74) is 5.87. The quantitative estimate of drug-likeness (QED) is 0.410. The highest BCUT2D eigenvalue weighted by molar-refractivity contribution is 6.05. The van der Waals surface area contributed by atoms with Crippen LogP contribution in [0.3, 0.4) is 0 Å². The number of carbonyl (C=O) groups is 1. The number of halogens is 3. The highest BCUT2D eigenvalue weighted by Gasteiger charge is 2.43. The molecule has 3 heterocycles. The van der Waals surface area contributed by atoms with E-state index >= 15 is 0 Å². The lowest BCUT2D eigenvalue weighted by atomic mass is 9.80. The number of nitrogens with zero attached hydrogens (tertiary/aromatic N) is 3. The molecule has 0 unspecified atom stereocenters. The van der Waals surface area contributed by atoms with Gasteiger partial charge in [-0.15, -0.1) is 0 Å². The second-order valence-electron chi connectivity index (χ2n) is 10.2. The van der Waals surface area contributed by atoms with Gasteiger partial charge in [0.25, 0.3) is 5.91 Å². The molecule has 1 aliphatic heterocycles. The number of aromatic nitrogens is 2. The summed E-state index contributed by atoms with van der Waals surface area (Å²) in [6.45, 7) is 4.30. The van der Waals surface area contributed by atoms with Crippen molar-refractivity contribution in [1.29, 1.82) is 0 Å². The molecule has 1 saturated heterocycles. The molecule has 2 aromatic heterocycles. The molecular weight excluding hydrogens is 499 g/mol. The van der Waals surface area contributed by atoms with Gasteiger partial charge in [-0.3, -0.25) is 9.78 Å². The number of piperidine rings is 1. The molecule has 3 aromatic rings. The van der Waals surface area contributed by atoms with Gasteiger partial charge < -0.3 is 26.2 Å². The molecule has 5 rings (SSSR count). The number of hydrogen-bond donors (Lipinski definition) is 4. The number of benzene rings is 1. The van der Waals surface area contributed by atoms with Crippen molar-refractivity contribution in [2.24, 2.45) is 11.7 Å². The number of rotatable bonds is 4. The van der Waals surface area contributed by atoms with Crippen LogP contribution in [0.4, 0.5) is 24.5 Å². The number of carbonyl (C=O) groups excluding carboxylic acids is 1. The van der Waals surface area contributed by atoms with Crippen LogP contribution < -0.4 is 16.0 Å². The molecule has 0 radical (unpaired) electrons. The molecule has 38 heavy (non-hydrogen) atoms. The van der Waals surface area contributed by atoms with Crippen molar-refractivity contribution in [1.82, 2.24) is 9.97 Å². The first-order chi connectivity index (χ1) is 18.0. The van der Waals surface area contributed by atoms with Gasteiger partial charge in [0.05, 0.1) is 46.6 Å². The standard InChI is InChI=1S/C27H28F3N5O3/c1-13-11-35(12-21(31)27(13,2)38)25-14-6-9-20(36)23(14)32-10-19(25)34-26(37)18-8-7-17(30)24(33-18)22-15(28)4-3-5-16(22)29/h3-5,7-8,10,13,20-21,36,38H,6,9,11-12,31H2,1-2H3,(H,34,37)/t13-,20-,21+,27-/m0/s1. The van der Waals surface area contributed by atoms with Crippen molar-refractivity contribution in [2.45, 2.75) is 44.4 Å². The van der Waals surface area contributed by atoms with E-state index < -0.39 is 52.4 Å². The predicted octanol–water partition coefficient (Wildman–Crippen LogP) is 3.33. The molecule has 1 fully saturated rings. The number of aliphatic hydroxyl groups is 2. The van der Waals surface area contributed by atoms with E-state index in [-0.39, 0.29) is 18.2 Å². The molecule has 1 aliphatic carbocycles. The summed E-state index contributed by atoms with van der Waals surface area (Å²) < 4.78 is 43.2. The van der Waals surface area contributed by atoms with Crippen molar-refractivity contribution in [3.63, 3.8) is 0 Å². The Kier molecular flexibility index (Phi) is 6.62. The Labute approximate surface area is 217 Å². The molecular formula is C27H28F3N5O3. The lowest BCUT2D eigenvalue weighted by Gasteiger charge is -2.47. The van der Waals surface area contributed by atoms with Crippen LogP contribution in [0.2, 0.25) is 0 Å². The van der Waals surface area contributed by atoms with Gasteiger partial charge >= 0.3 is 0 Å². The second kappa shape index (κ2) is 9.64. The average Bonchev–Trinajstić information content (AvgIpc) is 3.24. The number of nitrogens with two attached hydrogens (primary N) is 1. The zero-order valence-corrected chi connectivity index (χ0v) is 20.9. The third-order valence-corrected chi connectivity index (χ3v) is 7.67. The molecule has 1 aromatic carbocycles. The maximum absolute atomic E-state index is 14.5. The maximum atomic E-state index is 14.5. The Hall–Kier alpha value is -3.54. The van der Waals surface area contributed by atoms with Gasteiger partial charge in [0.1, 0.15) is 28.8 Å². The van der Waals surface area contributed by atoms with E-state index in [9.17, 15) is 28.2 Å². The maximum Gasteiger partial charge on any atom is 0.274 e. The first kappa shape index (κ1) is 26.1. The number of amides is 1. The molecule has 2 aliphatic rings. The Morgan fingerprint density at radius 1 is 1.16 bits per heavy atom. The number of hydrogen-bond acceptors (Lipinski definition) is 7. The van der Waals surface area contributed by atoms with Crippen LogP contribution in [0.5, 0.6) is 0 Å². The van der Waals surface area contributed by atoms with Crippen molar-refractivity contribution >= 4 is 17.3 Å². The number of fused-ring (bicyclic) bond motifs is 1. The molecule has 0 bridgehead atoms. The highest BCUT2D eigenvalue weighted by atomic mass is 19.1. The lowest BCUT2D eigenvalue weighted by molar-refractivity contribution is -0.0258. The molecule has 0 spiro atoms. The van der Waals surface area contributed by atoms with Crippen molar-refractivity contribution in [3.8, 4) is 11.3 Å². The van der Waals surface area contributed by atoms with Crippen molar-refractivity contribution < 1.29 is 28.2 Å². The fourth-order valence-electron chi connectivity index (χ4n) is 5.18. The van der Waals surface area contributed by atoms with E-state index in [1.165, 1.54) is 6.20 Å². The summed E-state index contributed by atoms with van der Waals surface area (Å²) in [6, 6.07) is 4.56. The number of anilines is 2. The minimum absolute atomic E-state index is 0.207. The summed E-state index contributed by atoms with van der Waals surface area (Å²) >= 11 is 0.